The standard InChI is InChI=1S/C20H22FNO3/c1-13-8-14(2)10-17(9-13)20(24)25-15(3)19(23)22(4)12-16-6-5-7-18(21)11-16/h5-11,15H,12H2,1-4H3. The van der Waals surface area contributed by atoms with Crippen molar-refractivity contribution in [3.05, 3.63) is 70.5 Å². The van der Waals surface area contributed by atoms with E-state index in [1.54, 1.807) is 31.3 Å². The second kappa shape index (κ2) is 7.92. The Morgan fingerprint density at radius 2 is 1.76 bits per heavy atom. The van der Waals surface area contributed by atoms with Gasteiger partial charge in [-0.15, -0.1) is 0 Å². The van der Waals surface area contributed by atoms with Crippen LogP contribution in [0.1, 0.15) is 34.0 Å². The third-order valence-corrected chi connectivity index (χ3v) is 3.77. The first-order chi connectivity index (χ1) is 11.8. The van der Waals surface area contributed by atoms with E-state index in [0.29, 0.717) is 11.1 Å². The Morgan fingerprint density at radius 1 is 1.12 bits per heavy atom. The molecule has 0 saturated carbocycles. The molecule has 0 aliphatic rings. The van der Waals surface area contributed by atoms with E-state index in [-0.39, 0.29) is 18.3 Å². The molecule has 5 heteroatoms. The van der Waals surface area contributed by atoms with E-state index >= 15 is 0 Å². The summed E-state index contributed by atoms with van der Waals surface area (Å²) in [6.07, 6.45) is -0.924. The first-order valence-electron chi connectivity index (χ1n) is 8.05. The fourth-order valence-electron chi connectivity index (χ4n) is 2.67. The van der Waals surface area contributed by atoms with Crippen LogP contribution < -0.4 is 0 Å². The minimum absolute atomic E-state index is 0.238. The number of benzene rings is 2. The van der Waals surface area contributed by atoms with Crippen molar-refractivity contribution < 1.29 is 18.7 Å². The maximum absolute atomic E-state index is 13.2. The number of ether oxygens (including phenoxy) is 1. The molecule has 0 N–H and O–H groups in total. The molecular formula is C20H22FNO3. The first kappa shape index (κ1) is 18.6. The number of halogens is 1. The van der Waals surface area contributed by atoms with E-state index in [2.05, 4.69) is 0 Å². The van der Waals surface area contributed by atoms with Gasteiger partial charge in [-0.05, 0) is 50.6 Å². The molecule has 0 radical (unpaired) electrons. The highest BCUT2D eigenvalue weighted by molar-refractivity contribution is 5.92. The van der Waals surface area contributed by atoms with E-state index < -0.39 is 12.1 Å². The molecule has 1 unspecified atom stereocenters. The van der Waals surface area contributed by atoms with Gasteiger partial charge in [0.15, 0.2) is 6.10 Å². The van der Waals surface area contributed by atoms with Crippen molar-refractivity contribution in [2.24, 2.45) is 0 Å². The molecule has 2 aromatic carbocycles. The lowest BCUT2D eigenvalue weighted by molar-refractivity contribution is -0.139. The predicted octanol–water partition coefficient (Wildman–Crippen LogP) is 3.65. The first-order valence-corrected chi connectivity index (χ1v) is 8.05. The number of hydrogen-bond acceptors (Lipinski definition) is 3. The molecule has 0 fully saturated rings. The fraction of sp³-hybridized carbons (Fsp3) is 0.300. The van der Waals surface area contributed by atoms with Crippen molar-refractivity contribution in [3.63, 3.8) is 0 Å². The van der Waals surface area contributed by atoms with Gasteiger partial charge in [0.2, 0.25) is 0 Å². The van der Waals surface area contributed by atoms with Crippen LogP contribution in [0.15, 0.2) is 42.5 Å². The Labute approximate surface area is 147 Å². The molecule has 0 heterocycles. The third-order valence-electron chi connectivity index (χ3n) is 3.77. The van der Waals surface area contributed by atoms with Crippen LogP contribution in [0.5, 0.6) is 0 Å². The highest BCUT2D eigenvalue weighted by atomic mass is 19.1. The number of hydrogen-bond donors (Lipinski definition) is 0. The second-order valence-corrected chi connectivity index (χ2v) is 6.25. The van der Waals surface area contributed by atoms with Gasteiger partial charge in [-0.25, -0.2) is 9.18 Å². The van der Waals surface area contributed by atoms with Gasteiger partial charge >= 0.3 is 5.97 Å². The van der Waals surface area contributed by atoms with Gasteiger partial charge in [0.25, 0.3) is 5.91 Å². The Balaban J connectivity index is 2.00. The lowest BCUT2D eigenvalue weighted by Gasteiger charge is -2.21. The molecule has 2 aromatic rings. The number of amides is 1. The summed E-state index contributed by atoms with van der Waals surface area (Å²) in [6.45, 7) is 5.56. The summed E-state index contributed by atoms with van der Waals surface area (Å²) in [7, 11) is 1.59. The van der Waals surface area contributed by atoms with Crippen LogP contribution in [0, 0.1) is 19.7 Å². The predicted molar refractivity (Wildman–Crippen MR) is 93.7 cm³/mol. The average Bonchev–Trinajstić information content (AvgIpc) is 2.53. The maximum Gasteiger partial charge on any atom is 0.338 e. The van der Waals surface area contributed by atoms with E-state index in [4.69, 9.17) is 4.74 Å². The quantitative estimate of drug-likeness (QED) is 0.779. The van der Waals surface area contributed by atoms with E-state index in [1.165, 1.54) is 24.0 Å². The van der Waals surface area contributed by atoms with E-state index in [1.807, 2.05) is 19.9 Å². The minimum atomic E-state index is -0.924. The lowest BCUT2D eigenvalue weighted by atomic mass is 10.1. The molecule has 4 nitrogen and oxygen atoms in total. The number of carbonyl (C=O) groups excluding carboxylic acids is 2. The van der Waals surface area contributed by atoms with Gasteiger partial charge in [0, 0.05) is 13.6 Å². The highest BCUT2D eigenvalue weighted by Gasteiger charge is 2.22. The van der Waals surface area contributed by atoms with Crippen molar-refractivity contribution in [1.29, 1.82) is 0 Å². The van der Waals surface area contributed by atoms with Gasteiger partial charge in [-0.3, -0.25) is 4.79 Å². The van der Waals surface area contributed by atoms with Gasteiger partial charge < -0.3 is 9.64 Å². The summed E-state index contributed by atoms with van der Waals surface area (Å²) in [4.78, 5) is 26.0. The van der Waals surface area contributed by atoms with Gasteiger partial charge in [-0.1, -0.05) is 29.3 Å². The van der Waals surface area contributed by atoms with Crippen LogP contribution in [0.4, 0.5) is 4.39 Å². The largest absolute Gasteiger partial charge is 0.449 e. The molecule has 0 spiro atoms. The SMILES string of the molecule is Cc1cc(C)cc(C(=O)OC(C)C(=O)N(C)Cc2cccc(F)c2)c1. The molecule has 2 rings (SSSR count). The Kier molecular flexibility index (Phi) is 5.91. The highest BCUT2D eigenvalue weighted by Crippen LogP contribution is 2.13. The van der Waals surface area contributed by atoms with Crippen molar-refractivity contribution in [2.75, 3.05) is 7.05 Å². The van der Waals surface area contributed by atoms with Crippen LogP contribution in [0.3, 0.4) is 0 Å². The molecule has 0 aromatic heterocycles. The molecular weight excluding hydrogens is 321 g/mol. The summed E-state index contributed by atoms with van der Waals surface area (Å²) >= 11 is 0. The van der Waals surface area contributed by atoms with Gasteiger partial charge in [0.05, 0.1) is 5.56 Å². The maximum atomic E-state index is 13.2. The summed E-state index contributed by atoms with van der Waals surface area (Å²) in [5.41, 5.74) is 3.00. The zero-order chi connectivity index (χ0) is 18.6. The van der Waals surface area contributed by atoms with E-state index in [9.17, 15) is 14.0 Å². The smallest absolute Gasteiger partial charge is 0.338 e. The van der Waals surface area contributed by atoms with Crippen molar-refractivity contribution in [3.8, 4) is 0 Å². The topological polar surface area (TPSA) is 46.6 Å². The number of carbonyl (C=O) groups is 2. The molecule has 1 amide bonds. The number of likely N-dealkylation sites (N-methyl/N-ethyl adjacent to an activating group) is 1. The Hall–Kier alpha value is -2.69. The van der Waals surface area contributed by atoms with Gasteiger partial charge in [-0.2, -0.15) is 0 Å². The number of esters is 1. The molecule has 0 aliphatic carbocycles. The van der Waals surface area contributed by atoms with Gasteiger partial charge in [0.1, 0.15) is 5.82 Å². The van der Waals surface area contributed by atoms with Crippen LogP contribution in [0.25, 0.3) is 0 Å². The van der Waals surface area contributed by atoms with Crippen molar-refractivity contribution >= 4 is 11.9 Å². The molecule has 25 heavy (non-hydrogen) atoms. The third kappa shape index (κ3) is 5.14. The summed E-state index contributed by atoms with van der Waals surface area (Å²) in [5.74, 6) is -1.23. The number of nitrogens with zero attached hydrogens (tertiary/aromatic N) is 1. The molecule has 132 valence electrons. The zero-order valence-electron chi connectivity index (χ0n) is 14.9. The Bertz CT molecular complexity index is 768. The zero-order valence-corrected chi connectivity index (χ0v) is 14.9. The summed E-state index contributed by atoms with van der Waals surface area (Å²) < 4.78 is 18.5. The number of rotatable bonds is 5. The van der Waals surface area contributed by atoms with Crippen molar-refractivity contribution in [2.45, 2.75) is 33.4 Å². The minimum Gasteiger partial charge on any atom is -0.449 e. The Morgan fingerprint density at radius 3 is 2.36 bits per heavy atom. The molecule has 1 atom stereocenters. The average molecular weight is 343 g/mol. The van der Waals surface area contributed by atoms with E-state index in [0.717, 1.165) is 11.1 Å². The second-order valence-electron chi connectivity index (χ2n) is 6.25. The lowest BCUT2D eigenvalue weighted by Crippen LogP contribution is -2.37. The summed E-state index contributed by atoms with van der Waals surface area (Å²) in [6, 6.07) is 11.4. The normalized spacial score (nSPS) is 11.7. The van der Waals surface area contributed by atoms with Crippen LogP contribution in [-0.2, 0) is 16.1 Å². The monoisotopic (exact) mass is 343 g/mol. The fourth-order valence-corrected chi connectivity index (χ4v) is 2.67. The van der Waals surface area contributed by atoms with Crippen molar-refractivity contribution in [1.82, 2.24) is 4.90 Å². The number of aryl methyl sites for hydroxylation is 2. The van der Waals surface area contributed by atoms with Crippen LogP contribution in [-0.4, -0.2) is 29.9 Å². The molecule has 0 bridgehead atoms. The summed E-state index contributed by atoms with van der Waals surface area (Å²) in [5, 5.41) is 0. The molecule has 0 aliphatic heterocycles. The van der Waals surface area contributed by atoms with Crippen LogP contribution in [0.2, 0.25) is 0 Å². The van der Waals surface area contributed by atoms with Crippen LogP contribution >= 0.6 is 0 Å². The molecule has 0 saturated heterocycles.